The molecule has 0 aliphatic carbocycles. The number of unbranched alkanes of at least 4 members (excludes halogenated alkanes) is 3. The Labute approximate surface area is 88.7 Å². The van der Waals surface area contributed by atoms with Gasteiger partial charge in [0.1, 0.15) is 0 Å². The summed E-state index contributed by atoms with van der Waals surface area (Å²) < 4.78 is 0. The molecule has 0 bridgehead atoms. The van der Waals surface area contributed by atoms with E-state index in [1.165, 1.54) is 31.7 Å². The van der Waals surface area contributed by atoms with Crippen molar-refractivity contribution in [1.29, 1.82) is 0 Å². The Hall–Kier alpha value is -0.313. The maximum atomic E-state index is 10.4. The van der Waals surface area contributed by atoms with Crippen LogP contribution in [0.4, 0.5) is 0 Å². The van der Waals surface area contributed by atoms with E-state index in [0.717, 1.165) is 6.04 Å². The predicted molar refractivity (Wildman–Crippen MR) is 63.5 cm³/mol. The van der Waals surface area contributed by atoms with E-state index < -0.39 is 14.0 Å². The SMILES string of the molecule is CCCCCC[Si](C)(C)CCC(=O)O. The van der Waals surface area contributed by atoms with Crippen LogP contribution < -0.4 is 0 Å². The summed E-state index contributed by atoms with van der Waals surface area (Å²) in [6.07, 6.45) is 5.58. The maximum absolute atomic E-state index is 10.4. The summed E-state index contributed by atoms with van der Waals surface area (Å²) >= 11 is 0. The summed E-state index contributed by atoms with van der Waals surface area (Å²) in [5.74, 6) is -0.640. The Morgan fingerprint density at radius 1 is 1.14 bits per heavy atom. The second-order valence-corrected chi connectivity index (χ2v) is 10.2. The first-order chi connectivity index (χ1) is 6.48. The molecule has 0 rings (SSSR count). The molecule has 0 amide bonds. The minimum atomic E-state index is -1.20. The lowest BCUT2D eigenvalue weighted by molar-refractivity contribution is -0.136. The zero-order valence-corrected chi connectivity index (χ0v) is 10.8. The molecule has 0 unspecified atom stereocenters. The van der Waals surface area contributed by atoms with Gasteiger partial charge in [0.25, 0.3) is 0 Å². The van der Waals surface area contributed by atoms with Gasteiger partial charge in [-0.3, -0.25) is 4.79 Å². The van der Waals surface area contributed by atoms with Gasteiger partial charge in [-0.05, 0) is 6.04 Å². The third-order valence-electron chi connectivity index (χ3n) is 2.72. The summed E-state index contributed by atoms with van der Waals surface area (Å²) in [6.45, 7) is 6.83. The lowest BCUT2D eigenvalue weighted by Gasteiger charge is -2.21. The van der Waals surface area contributed by atoms with Crippen molar-refractivity contribution in [2.75, 3.05) is 0 Å². The van der Waals surface area contributed by atoms with Crippen molar-refractivity contribution >= 4 is 14.0 Å². The molecular weight excluding hydrogens is 192 g/mol. The van der Waals surface area contributed by atoms with Gasteiger partial charge in [0.15, 0.2) is 0 Å². The Kier molecular flexibility index (Phi) is 6.88. The molecule has 0 aromatic heterocycles. The van der Waals surface area contributed by atoms with Crippen LogP contribution in [0.5, 0.6) is 0 Å². The first kappa shape index (κ1) is 13.7. The molecule has 0 saturated carbocycles. The summed E-state index contributed by atoms with van der Waals surface area (Å²) in [5, 5.41) is 8.61. The topological polar surface area (TPSA) is 37.3 Å². The molecule has 3 heteroatoms. The van der Waals surface area contributed by atoms with Crippen LogP contribution in [-0.4, -0.2) is 19.1 Å². The average Bonchev–Trinajstić information content (AvgIpc) is 2.10. The summed E-state index contributed by atoms with van der Waals surface area (Å²) in [4.78, 5) is 10.4. The number of hydrogen-bond acceptors (Lipinski definition) is 1. The molecule has 14 heavy (non-hydrogen) atoms. The van der Waals surface area contributed by atoms with Crippen molar-refractivity contribution in [3.8, 4) is 0 Å². The van der Waals surface area contributed by atoms with Crippen molar-refractivity contribution in [3.05, 3.63) is 0 Å². The van der Waals surface area contributed by atoms with Crippen LogP contribution in [0.3, 0.4) is 0 Å². The molecule has 0 aromatic carbocycles. The van der Waals surface area contributed by atoms with Gasteiger partial charge >= 0.3 is 5.97 Å². The lowest BCUT2D eigenvalue weighted by Crippen LogP contribution is -2.25. The van der Waals surface area contributed by atoms with Crippen LogP contribution in [0, 0.1) is 0 Å². The van der Waals surface area contributed by atoms with Crippen LogP contribution >= 0.6 is 0 Å². The Morgan fingerprint density at radius 3 is 2.29 bits per heavy atom. The summed E-state index contributed by atoms with van der Waals surface area (Å²) in [6, 6.07) is 2.23. The normalized spacial score (nSPS) is 11.6. The fraction of sp³-hybridized carbons (Fsp3) is 0.909. The first-order valence-electron chi connectivity index (χ1n) is 5.70. The van der Waals surface area contributed by atoms with Crippen LogP contribution in [0.2, 0.25) is 25.2 Å². The number of rotatable bonds is 8. The van der Waals surface area contributed by atoms with Crippen LogP contribution in [0.1, 0.15) is 39.0 Å². The quantitative estimate of drug-likeness (QED) is 0.495. The van der Waals surface area contributed by atoms with Gasteiger partial charge in [-0.1, -0.05) is 51.7 Å². The molecule has 0 atom stereocenters. The van der Waals surface area contributed by atoms with E-state index in [0.29, 0.717) is 6.42 Å². The minimum absolute atomic E-state index is 0.368. The first-order valence-corrected chi connectivity index (χ1v) is 9.11. The van der Waals surface area contributed by atoms with E-state index in [1.54, 1.807) is 0 Å². The number of carbonyl (C=O) groups is 1. The van der Waals surface area contributed by atoms with E-state index in [-0.39, 0.29) is 0 Å². The molecular formula is C11H24O2Si. The molecule has 0 heterocycles. The zero-order chi connectivity index (χ0) is 11.0. The molecule has 0 spiro atoms. The molecule has 84 valence electrons. The number of aliphatic carboxylic acids is 1. The standard InChI is InChI=1S/C11H24O2Si/c1-4-5-6-7-9-14(2,3)10-8-11(12)13/h4-10H2,1-3H3,(H,12,13). The smallest absolute Gasteiger partial charge is 0.303 e. The molecule has 0 aliphatic rings. The lowest BCUT2D eigenvalue weighted by atomic mass is 10.2. The van der Waals surface area contributed by atoms with E-state index in [1.807, 2.05) is 0 Å². The van der Waals surface area contributed by atoms with Gasteiger partial charge in [0.05, 0.1) is 0 Å². The second-order valence-electron chi connectivity index (χ2n) is 4.87. The van der Waals surface area contributed by atoms with Crippen molar-refractivity contribution in [2.45, 2.75) is 64.2 Å². The highest BCUT2D eigenvalue weighted by molar-refractivity contribution is 6.77. The fourth-order valence-electron chi connectivity index (χ4n) is 1.60. The molecule has 0 aromatic rings. The van der Waals surface area contributed by atoms with Gasteiger partial charge in [0.2, 0.25) is 0 Å². The molecule has 0 radical (unpaired) electrons. The van der Waals surface area contributed by atoms with Crippen molar-refractivity contribution in [2.24, 2.45) is 0 Å². The Balaban J connectivity index is 3.55. The van der Waals surface area contributed by atoms with Gasteiger partial charge < -0.3 is 5.11 Å². The number of hydrogen-bond donors (Lipinski definition) is 1. The maximum Gasteiger partial charge on any atom is 0.303 e. The molecule has 0 saturated heterocycles. The molecule has 0 fully saturated rings. The Morgan fingerprint density at radius 2 is 1.79 bits per heavy atom. The van der Waals surface area contributed by atoms with E-state index in [2.05, 4.69) is 20.0 Å². The van der Waals surface area contributed by atoms with Crippen molar-refractivity contribution < 1.29 is 9.90 Å². The van der Waals surface area contributed by atoms with Gasteiger partial charge in [-0.15, -0.1) is 0 Å². The average molecular weight is 216 g/mol. The fourth-order valence-corrected chi connectivity index (χ4v) is 3.95. The summed E-state index contributed by atoms with van der Waals surface area (Å²) in [5.41, 5.74) is 0. The van der Waals surface area contributed by atoms with Crippen LogP contribution in [0.15, 0.2) is 0 Å². The zero-order valence-electron chi connectivity index (χ0n) is 9.81. The number of carboxylic acid groups (broad SMARTS) is 1. The van der Waals surface area contributed by atoms with Crippen molar-refractivity contribution in [3.63, 3.8) is 0 Å². The molecule has 2 nitrogen and oxygen atoms in total. The highest BCUT2D eigenvalue weighted by Crippen LogP contribution is 2.21. The van der Waals surface area contributed by atoms with Crippen molar-refractivity contribution in [1.82, 2.24) is 0 Å². The van der Waals surface area contributed by atoms with Gasteiger partial charge in [-0.25, -0.2) is 0 Å². The van der Waals surface area contributed by atoms with Crippen LogP contribution in [0.25, 0.3) is 0 Å². The monoisotopic (exact) mass is 216 g/mol. The second kappa shape index (κ2) is 7.04. The number of carboxylic acids is 1. The van der Waals surface area contributed by atoms with Crippen LogP contribution in [-0.2, 0) is 4.79 Å². The minimum Gasteiger partial charge on any atom is -0.481 e. The Bertz CT molecular complexity index is 167. The molecule has 0 aliphatic heterocycles. The van der Waals surface area contributed by atoms with E-state index in [9.17, 15) is 4.79 Å². The summed E-state index contributed by atoms with van der Waals surface area (Å²) in [7, 11) is -1.20. The highest BCUT2D eigenvalue weighted by Gasteiger charge is 2.20. The third kappa shape index (κ3) is 8.29. The largest absolute Gasteiger partial charge is 0.481 e. The highest BCUT2D eigenvalue weighted by atomic mass is 28.3. The predicted octanol–water partition coefficient (Wildman–Crippen LogP) is 3.75. The third-order valence-corrected chi connectivity index (χ3v) is 6.03. The van der Waals surface area contributed by atoms with Gasteiger partial charge in [0, 0.05) is 14.5 Å². The molecule has 1 N–H and O–H groups in total. The van der Waals surface area contributed by atoms with E-state index in [4.69, 9.17) is 5.11 Å². The van der Waals surface area contributed by atoms with E-state index >= 15 is 0 Å². The van der Waals surface area contributed by atoms with Gasteiger partial charge in [-0.2, -0.15) is 0 Å².